The van der Waals surface area contributed by atoms with Crippen molar-refractivity contribution < 1.29 is 9.13 Å². The molecule has 196 valence electrons. The Morgan fingerprint density at radius 1 is 0.405 bits per heavy atom. The van der Waals surface area contributed by atoms with Crippen molar-refractivity contribution in [2.45, 2.75) is 12.8 Å². The van der Waals surface area contributed by atoms with Crippen LogP contribution in [0.15, 0.2) is 146 Å². The lowest BCUT2D eigenvalue weighted by Gasteiger charge is -2.21. The lowest BCUT2D eigenvalue weighted by atomic mass is 9.87. The zero-order chi connectivity index (χ0) is 27.6. The third-order valence-electron chi connectivity index (χ3n) is 9.09. The predicted molar refractivity (Wildman–Crippen MR) is 171 cm³/mol. The number of pyridine rings is 2. The van der Waals surface area contributed by atoms with Crippen molar-refractivity contribution in [2.75, 3.05) is 0 Å². The number of allylic oxidation sites excluding steroid dienone is 2. The van der Waals surface area contributed by atoms with Crippen molar-refractivity contribution >= 4 is 32.9 Å². The topological polar surface area (TPSA) is 7.76 Å². The molecule has 0 fully saturated rings. The second kappa shape index (κ2) is 9.09. The molecule has 0 unspecified atom stereocenters. The van der Waals surface area contributed by atoms with E-state index in [1.807, 2.05) is 0 Å². The zero-order valence-electron chi connectivity index (χ0n) is 23.2. The number of aromatic nitrogens is 2. The molecule has 2 aliphatic heterocycles. The van der Waals surface area contributed by atoms with E-state index in [2.05, 4.69) is 155 Å². The van der Waals surface area contributed by atoms with Crippen molar-refractivity contribution in [2.24, 2.45) is 0 Å². The normalized spacial score (nSPS) is 15.1. The molecule has 0 spiro atoms. The lowest BCUT2D eigenvalue weighted by molar-refractivity contribution is -0.602. The van der Waals surface area contributed by atoms with Gasteiger partial charge in [0.05, 0.1) is 24.0 Å². The number of hydrogen-bond donors (Lipinski definition) is 0. The van der Waals surface area contributed by atoms with E-state index in [9.17, 15) is 0 Å². The molecule has 0 bridgehead atoms. The standard InChI is InChI=1S/C40H28N2/c1-2-10-27(11-3-1)29-17-19-31-24-39(41-20-8-6-14-37(41)35(31)23-29)40-25-32-22-30-18-16-28-12-4-5-13-33(28)34(30)26-36(32)38-15-7-9-21-42(38)40/h1-23,26H,24-25H2/q+2/b40-39+. The van der Waals surface area contributed by atoms with Crippen molar-refractivity contribution in [3.8, 4) is 33.6 Å². The van der Waals surface area contributed by atoms with Gasteiger partial charge in [-0.25, -0.2) is 0 Å². The van der Waals surface area contributed by atoms with Crippen LogP contribution in [0, 0.1) is 0 Å². The number of nitrogens with zero attached hydrogens (tertiary/aromatic N) is 2. The summed E-state index contributed by atoms with van der Waals surface area (Å²) in [6.07, 6.45) is 6.25. The van der Waals surface area contributed by atoms with Gasteiger partial charge in [0.2, 0.25) is 11.4 Å². The fourth-order valence-electron chi connectivity index (χ4n) is 7.08. The van der Waals surface area contributed by atoms with E-state index >= 15 is 0 Å². The highest BCUT2D eigenvalue weighted by Gasteiger charge is 2.38. The molecule has 0 aliphatic carbocycles. The first-order chi connectivity index (χ1) is 20.8. The van der Waals surface area contributed by atoms with Crippen molar-refractivity contribution in [1.29, 1.82) is 0 Å². The van der Waals surface area contributed by atoms with Crippen LogP contribution in [0.2, 0.25) is 0 Å². The van der Waals surface area contributed by atoms with Gasteiger partial charge in [-0.2, -0.15) is 9.13 Å². The van der Waals surface area contributed by atoms with Gasteiger partial charge in [0, 0.05) is 24.3 Å². The van der Waals surface area contributed by atoms with E-state index in [0.717, 1.165) is 12.8 Å². The van der Waals surface area contributed by atoms with Crippen molar-refractivity contribution in [3.05, 3.63) is 157 Å². The van der Waals surface area contributed by atoms with Crippen LogP contribution >= 0.6 is 0 Å². The molecular formula is C40H28N2+2. The summed E-state index contributed by atoms with van der Waals surface area (Å²) in [5.41, 5.74) is 13.1. The van der Waals surface area contributed by atoms with Crippen LogP contribution in [0.3, 0.4) is 0 Å². The maximum absolute atomic E-state index is 2.43. The Morgan fingerprint density at radius 2 is 1.05 bits per heavy atom. The Bertz CT molecular complexity index is 2240. The molecule has 0 radical (unpaired) electrons. The molecule has 0 amide bonds. The van der Waals surface area contributed by atoms with E-state index in [1.165, 1.54) is 77.7 Å². The van der Waals surface area contributed by atoms with Crippen LogP contribution in [-0.2, 0) is 12.8 Å². The van der Waals surface area contributed by atoms with Gasteiger partial charge in [-0.1, -0.05) is 78.9 Å². The highest BCUT2D eigenvalue weighted by molar-refractivity contribution is 6.09. The number of benzene rings is 5. The van der Waals surface area contributed by atoms with E-state index in [-0.39, 0.29) is 0 Å². The summed E-state index contributed by atoms with van der Waals surface area (Å²) >= 11 is 0. The maximum atomic E-state index is 2.43. The molecule has 7 aromatic rings. The fourth-order valence-corrected chi connectivity index (χ4v) is 7.08. The summed E-state index contributed by atoms with van der Waals surface area (Å²) in [6.45, 7) is 0. The second-order valence-electron chi connectivity index (χ2n) is 11.4. The fraction of sp³-hybridized carbons (Fsp3) is 0.0500. The summed E-state index contributed by atoms with van der Waals surface area (Å²) in [6, 6.07) is 48.9. The average Bonchev–Trinajstić information content (AvgIpc) is 3.07. The van der Waals surface area contributed by atoms with E-state index in [0.29, 0.717) is 0 Å². The summed E-state index contributed by atoms with van der Waals surface area (Å²) in [5.74, 6) is 0. The Kier molecular flexibility index (Phi) is 5.06. The number of hydrogen-bond acceptors (Lipinski definition) is 0. The smallest absolute Gasteiger partial charge is 0.158 e. The first-order valence-corrected chi connectivity index (χ1v) is 14.7. The van der Waals surface area contributed by atoms with E-state index in [1.54, 1.807) is 0 Å². The third kappa shape index (κ3) is 3.52. The molecule has 5 aromatic carbocycles. The third-order valence-corrected chi connectivity index (χ3v) is 9.09. The minimum absolute atomic E-state index is 0.883. The molecule has 4 heterocycles. The predicted octanol–water partition coefficient (Wildman–Crippen LogP) is 8.51. The van der Waals surface area contributed by atoms with Crippen LogP contribution < -0.4 is 9.13 Å². The van der Waals surface area contributed by atoms with Gasteiger partial charge in [0.25, 0.3) is 11.4 Å². The van der Waals surface area contributed by atoms with Crippen LogP contribution in [-0.4, -0.2) is 0 Å². The van der Waals surface area contributed by atoms with Gasteiger partial charge in [-0.3, -0.25) is 0 Å². The van der Waals surface area contributed by atoms with Gasteiger partial charge < -0.3 is 0 Å². The van der Waals surface area contributed by atoms with Crippen molar-refractivity contribution in [3.63, 3.8) is 0 Å². The molecule has 42 heavy (non-hydrogen) atoms. The summed E-state index contributed by atoms with van der Waals surface area (Å²) in [4.78, 5) is 0. The molecule has 2 aromatic heterocycles. The van der Waals surface area contributed by atoms with Crippen LogP contribution in [0.4, 0.5) is 0 Å². The quantitative estimate of drug-likeness (QED) is 0.147. The molecule has 0 N–H and O–H groups in total. The molecule has 2 aliphatic rings. The Morgan fingerprint density at radius 3 is 1.83 bits per heavy atom. The van der Waals surface area contributed by atoms with Crippen LogP contribution in [0.25, 0.3) is 66.6 Å². The first kappa shape index (κ1) is 23.4. The van der Waals surface area contributed by atoms with Crippen LogP contribution in [0.1, 0.15) is 11.1 Å². The minimum Gasteiger partial charge on any atom is -0.158 e. The summed E-state index contributed by atoms with van der Waals surface area (Å²) < 4.78 is 4.86. The SMILES string of the molecule is c1ccc(-c2ccc3c(c2)-c2cccc[n+]2/C(=C2\Cc4cc5ccc6ccccc6c5cc4-c4cccc[n+]42)C3)cc1. The Labute approximate surface area is 245 Å². The molecular weight excluding hydrogens is 508 g/mol. The molecule has 0 saturated heterocycles. The highest BCUT2D eigenvalue weighted by Crippen LogP contribution is 2.39. The number of fused-ring (bicyclic) bond motifs is 9. The molecule has 9 rings (SSSR count). The molecule has 2 nitrogen and oxygen atoms in total. The van der Waals surface area contributed by atoms with E-state index in [4.69, 9.17) is 0 Å². The van der Waals surface area contributed by atoms with Gasteiger partial charge in [0.15, 0.2) is 12.4 Å². The summed E-state index contributed by atoms with van der Waals surface area (Å²) in [5, 5.41) is 5.22. The lowest BCUT2D eigenvalue weighted by Crippen LogP contribution is -2.47. The van der Waals surface area contributed by atoms with Gasteiger partial charge in [-0.05, 0) is 74.1 Å². The maximum Gasteiger partial charge on any atom is 0.259 e. The number of rotatable bonds is 1. The van der Waals surface area contributed by atoms with Crippen molar-refractivity contribution in [1.82, 2.24) is 0 Å². The highest BCUT2D eigenvalue weighted by atomic mass is 15.1. The second-order valence-corrected chi connectivity index (χ2v) is 11.4. The van der Waals surface area contributed by atoms with Crippen LogP contribution in [0.5, 0.6) is 0 Å². The first-order valence-electron chi connectivity index (χ1n) is 14.7. The Hall–Kier alpha value is -5.34. The average molecular weight is 537 g/mol. The van der Waals surface area contributed by atoms with Gasteiger partial charge in [0.1, 0.15) is 0 Å². The molecule has 0 saturated carbocycles. The monoisotopic (exact) mass is 536 g/mol. The molecule has 0 atom stereocenters. The van der Waals surface area contributed by atoms with Gasteiger partial charge in [-0.15, -0.1) is 0 Å². The van der Waals surface area contributed by atoms with Gasteiger partial charge >= 0.3 is 0 Å². The summed E-state index contributed by atoms with van der Waals surface area (Å²) in [7, 11) is 0. The zero-order valence-corrected chi connectivity index (χ0v) is 23.2. The minimum atomic E-state index is 0.883. The van der Waals surface area contributed by atoms with E-state index < -0.39 is 0 Å². The largest absolute Gasteiger partial charge is 0.259 e. The molecule has 2 heteroatoms. The Balaban J connectivity index is 1.25.